The summed E-state index contributed by atoms with van der Waals surface area (Å²) in [6.45, 7) is 1.87. The van der Waals surface area contributed by atoms with Gasteiger partial charge in [-0.1, -0.05) is 6.07 Å². The highest BCUT2D eigenvalue weighted by Crippen LogP contribution is 2.38. The molecule has 3 aromatic rings. The average molecular weight is 410 g/mol. The number of aromatic nitrogens is 4. The summed E-state index contributed by atoms with van der Waals surface area (Å²) in [5.74, 6) is 3.61. The van der Waals surface area contributed by atoms with Gasteiger partial charge in [-0.25, -0.2) is 9.97 Å². The zero-order valence-corrected chi connectivity index (χ0v) is 16.9. The largest absolute Gasteiger partial charge is 0.487 e. The molecule has 0 bridgehead atoms. The molecule has 150 valence electrons. The lowest BCUT2D eigenvalue weighted by molar-refractivity contribution is 0.0710. The van der Waals surface area contributed by atoms with Gasteiger partial charge in [0.05, 0.1) is 11.2 Å². The molecule has 2 aromatic heterocycles. The normalized spacial score (nSPS) is 17.4. The third-order valence-corrected chi connectivity index (χ3v) is 6.22. The molecule has 29 heavy (non-hydrogen) atoms. The summed E-state index contributed by atoms with van der Waals surface area (Å²) >= 11 is 1.54. The number of nitrogens with one attached hydrogen (secondary N) is 1. The monoisotopic (exact) mass is 409 g/mol. The van der Waals surface area contributed by atoms with Crippen LogP contribution in [-0.4, -0.2) is 44.1 Å². The van der Waals surface area contributed by atoms with Crippen molar-refractivity contribution in [1.29, 1.82) is 0 Å². The molecule has 8 heteroatoms. The fourth-order valence-electron chi connectivity index (χ4n) is 3.72. The van der Waals surface area contributed by atoms with Gasteiger partial charge in [0.1, 0.15) is 18.2 Å². The van der Waals surface area contributed by atoms with E-state index in [1.807, 2.05) is 34.5 Å². The van der Waals surface area contributed by atoms with Crippen LogP contribution in [0.4, 0.5) is 0 Å². The van der Waals surface area contributed by atoms with Crippen molar-refractivity contribution in [3.8, 4) is 5.75 Å². The minimum absolute atomic E-state index is 0.0544. The number of benzene rings is 1. The Morgan fingerprint density at radius 1 is 1.21 bits per heavy atom. The van der Waals surface area contributed by atoms with E-state index < -0.39 is 0 Å². The zero-order valence-electron chi connectivity index (χ0n) is 16.1. The van der Waals surface area contributed by atoms with Crippen molar-refractivity contribution in [2.45, 2.75) is 44.1 Å². The fraction of sp³-hybridized carbons (Fsp3) is 0.429. The van der Waals surface area contributed by atoms with Crippen LogP contribution in [0.3, 0.4) is 0 Å². The van der Waals surface area contributed by atoms with Crippen molar-refractivity contribution < 1.29 is 9.53 Å². The van der Waals surface area contributed by atoms with E-state index in [9.17, 15) is 4.79 Å². The van der Waals surface area contributed by atoms with Gasteiger partial charge in [-0.3, -0.25) is 9.89 Å². The predicted octanol–water partition coefficient (Wildman–Crippen LogP) is 3.74. The van der Waals surface area contributed by atoms with E-state index in [1.165, 1.54) is 12.8 Å². The third-order valence-electron chi connectivity index (χ3n) is 5.58. The molecule has 1 amide bonds. The van der Waals surface area contributed by atoms with Crippen molar-refractivity contribution in [2.24, 2.45) is 0 Å². The Morgan fingerprint density at radius 2 is 2.07 bits per heavy atom. The van der Waals surface area contributed by atoms with Gasteiger partial charge in [-0.15, -0.1) is 11.3 Å². The predicted molar refractivity (Wildman–Crippen MR) is 109 cm³/mol. The third kappa shape index (κ3) is 4.17. The van der Waals surface area contributed by atoms with Crippen LogP contribution in [0.25, 0.3) is 0 Å². The number of carbonyl (C=O) groups excluding carboxylic acids is 1. The van der Waals surface area contributed by atoms with Gasteiger partial charge < -0.3 is 9.64 Å². The summed E-state index contributed by atoms with van der Waals surface area (Å²) in [4.78, 5) is 23.8. The summed E-state index contributed by atoms with van der Waals surface area (Å²) in [5.41, 5.74) is 3.34. The molecule has 0 atom stereocenters. The number of aromatic amines is 1. The Morgan fingerprint density at radius 3 is 2.83 bits per heavy atom. The lowest BCUT2D eigenvalue weighted by Crippen LogP contribution is -2.38. The molecule has 0 spiro atoms. The number of piperidine rings is 1. The number of H-pyrrole nitrogens is 1. The van der Waals surface area contributed by atoms with E-state index in [0.29, 0.717) is 29.8 Å². The minimum Gasteiger partial charge on any atom is -0.487 e. The smallest absolute Gasteiger partial charge is 0.253 e. The van der Waals surface area contributed by atoms with Gasteiger partial charge in [0, 0.05) is 35.9 Å². The van der Waals surface area contributed by atoms with Crippen molar-refractivity contribution in [2.75, 3.05) is 13.1 Å². The van der Waals surface area contributed by atoms with E-state index in [2.05, 4.69) is 20.2 Å². The van der Waals surface area contributed by atoms with E-state index in [-0.39, 0.29) is 5.91 Å². The summed E-state index contributed by atoms with van der Waals surface area (Å²) in [5, 5.41) is 9.45. The van der Waals surface area contributed by atoms with E-state index in [1.54, 1.807) is 16.8 Å². The van der Waals surface area contributed by atoms with E-state index in [4.69, 9.17) is 4.74 Å². The van der Waals surface area contributed by atoms with Gasteiger partial charge >= 0.3 is 0 Å². The van der Waals surface area contributed by atoms with Crippen LogP contribution in [0.15, 0.2) is 35.2 Å². The van der Waals surface area contributed by atoms with Gasteiger partial charge in [0.2, 0.25) is 0 Å². The number of ether oxygens (including phenoxy) is 1. The lowest BCUT2D eigenvalue weighted by atomic mass is 9.95. The number of nitrogens with zero attached hydrogens (tertiary/aromatic N) is 4. The highest BCUT2D eigenvalue weighted by Gasteiger charge is 2.31. The maximum atomic E-state index is 13.0. The molecule has 3 heterocycles. The Labute approximate surface area is 173 Å². The Kier molecular flexibility index (Phi) is 5.01. The Balaban J connectivity index is 1.18. The number of likely N-dealkylation sites (tertiary alicyclic amines) is 1. The topological polar surface area (TPSA) is 84.0 Å². The average Bonchev–Trinajstić information content (AvgIpc) is 3.27. The lowest BCUT2D eigenvalue weighted by Gasteiger charge is -2.31. The summed E-state index contributed by atoms with van der Waals surface area (Å²) in [6, 6.07) is 7.41. The molecule has 1 saturated heterocycles. The first-order chi connectivity index (χ1) is 14.3. The van der Waals surface area contributed by atoms with Crippen molar-refractivity contribution in [1.82, 2.24) is 25.1 Å². The molecule has 5 rings (SSSR count). The molecule has 1 aromatic carbocycles. The first-order valence-corrected chi connectivity index (χ1v) is 11.0. The second-order valence-electron chi connectivity index (χ2n) is 7.72. The molecular formula is C21H23N5O2S. The minimum atomic E-state index is 0.0544. The number of thiazole rings is 1. The van der Waals surface area contributed by atoms with Crippen LogP contribution in [-0.2, 0) is 6.61 Å². The van der Waals surface area contributed by atoms with Gasteiger partial charge in [-0.2, -0.15) is 5.10 Å². The second kappa shape index (κ2) is 7.94. The van der Waals surface area contributed by atoms with Crippen molar-refractivity contribution >= 4 is 17.2 Å². The highest BCUT2D eigenvalue weighted by atomic mass is 32.1. The van der Waals surface area contributed by atoms with Crippen LogP contribution in [0.2, 0.25) is 0 Å². The van der Waals surface area contributed by atoms with Crippen LogP contribution >= 0.6 is 11.3 Å². The SMILES string of the molecule is O=C(c1cccc(OCc2cscn2)c1)N1CCC(c2nc(C3CC3)n[nH]2)CC1. The molecular weight excluding hydrogens is 386 g/mol. The van der Waals surface area contributed by atoms with Crippen molar-refractivity contribution in [3.63, 3.8) is 0 Å². The number of rotatable bonds is 6. The van der Waals surface area contributed by atoms with E-state index in [0.717, 1.165) is 43.3 Å². The van der Waals surface area contributed by atoms with Gasteiger partial charge in [0.15, 0.2) is 5.82 Å². The molecule has 2 aliphatic rings. The van der Waals surface area contributed by atoms with E-state index >= 15 is 0 Å². The molecule has 1 aliphatic heterocycles. The standard InChI is InChI=1S/C21H23N5O2S/c27-21(16-2-1-3-18(10-16)28-11-17-12-29-13-22-17)26-8-6-15(7-9-26)20-23-19(24-25-20)14-4-5-14/h1-3,10,12-15H,4-9,11H2,(H,23,24,25). The Hall–Kier alpha value is -2.74. The van der Waals surface area contributed by atoms with Crippen LogP contribution in [0.5, 0.6) is 5.75 Å². The summed E-state index contributed by atoms with van der Waals surface area (Å²) in [7, 11) is 0. The molecule has 0 radical (unpaired) electrons. The van der Waals surface area contributed by atoms with Gasteiger partial charge in [0.25, 0.3) is 5.91 Å². The summed E-state index contributed by atoms with van der Waals surface area (Å²) in [6.07, 6.45) is 4.23. The molecule has 1 saturated carbocycles. The van der Waals surface area contributed by atoms with Crippen molar-refractivity contribution in [3.05, 3.63) is 58.1 Å². The zero-order chi connectivity index (χ0) is 19.6. The van der Waals surface area contributed by atoms with Crippen LogP contribution < -0.4 is 4.74 Å². The number of hydrogen-bond donors (Lipinski definition) is 1. The number of carbonyl (C=O) groups is 1. The van der Waals surface area contributed by atoms with Gasteiger partial charge in [-0.05, 0) is 43.9 Å². The quantitative estimate of drug-likeness (QED) is 0.670. The first kappa shape index (κ1) is 18.3. The maximum absolute atomic E-state index is 13.0. The first-order valence-electron chi connectivity index (χ1n) is 10.1. The Bertz CT molecular complexity index is 975. The number of hydrogen-bond acceptors (Lipinski definition) is 6. The molecule has 1 N–H and O–H groups in total. The molecule has 1 aliphatic carbocycles. The second-order valence-corrected chi connectivity index (χ2v) is 8.43. The van der Waals surface area contributed by atoms with Crippen LogP contribution in [0.1, 0.15) is 65.2 Å². The molecule has 7 nitrogen and oxygen atoms in total. The maximum Gasteiger partial charge on any atom is 0.253 e. The number of amides is 1. The van der Waals surface area contributed by atoms with Crippen LogP contribution in [0, 0.1) is 0 Å². The highest BCUT2D eigenvalue weighted by molar-refractivity contribution is 7.07. The molecule has 0 unspecified atom stereocenters. The fourth-order valence-corrected chi connectivity index (χ4v) is 4.26. The summed E-state index contributed by atoms with van der Waals surface area (Å²) < 4.78 is 5.78. The molecule has 2 fully saturated rings.